The molecule has 0 saturated carbocycles. The number of aliphatic hydroxyl groups is 1. The van der Waals surface area contributed by atoms with Crippen molar-refractivity contribution in [2.45, 2.75) is 19.6 Å². The van der Waals surface area contributed by atoms with Crippen LogP contribution >= 0.6 is 0 Å². The summed E-state index contributed by atoms with van der Waals surface area (Å²) >= 11 is 0. The summed E-state index contributed by atoms with van der Waals surface area (Å²) in [5, 5.41) is 25.7. The van der Waals surface area contributed by atoms with Crippen LogP contribution in [0.2, 0.25) is 0 Å². The van der Waals surface area contributed by atoms with Crippen molar-refractivity contribution in [2.75, 3.05) is 12.0 Å². The molecule has 0 radical (unpaired) electrons. The molecule has 0 spiro atoms. The number of para-hydroxylation sites is 1. The zero-order valence-electron chi connectivity index (χ0n) is 19.4. The summed E-state index contributed by atoms with van der Waals surface area (Å²) in [4.78, 5) is 41.7. The average Bonchev–Trinajstić information content (AvgIpc) is 3.21. The van der Waals surface area contributed by atoms with Gasteiger partial charge in [0.25, 0.3) is 11.2 Å². The number of hydrogen-bond acceptors (Lipinski definition) is 9. The van der Waals surface area contributed by atoms with E-state index in [-0.39, 0.29) is 36.0 Å². The highest BCUT2D eigenvalue weighted by atomic mass is 16.6. The molecule has 36 heavy (non-hydrogen) atoms. The molecule has 2 heterocycles. The van der Waals surface area contributed by atoms with E-state index in [0.29, 0.717) is 11.3 Å². The Morgan fingerprint density at radius 1 is 1.28 bits per heavy atom. The lowest BCUT2D eigenvalue weighted by Crippen LogP contribution is -2.30. The van der Waals surface area contributed by atoms with E-state index >= 15 is 0 Å². The molecular weight excluding hydrogens is 470 g/mol. The van der Waals surface area contributed by atoms with E-state index in [9.17, 15) is 24.8 Å². The summed E-state index contributed by atoms with van der Waals surface area (Å²) in [5.74, 6) is 0.695. The first-order valence-corrected chi connectivity index (χ1v) is 10.8. The van der Waals surface area contributed by atoms with Crippen LogP contribution in [-0.4, -0.2) is 48.1 Å². The van der Waals surface area contributed by atoms with Gasteiger partial charge in [0.1, 0.15) is 18.5 Å². The fraction of sp³-hybridized carbons (Fsp3) is 0.217. The van der Waals surface area contributed by atoms with Gasteiger partial charge >= 0.3 is 5.69 Å². The Morgan fingerprint density at radius 2 is 2.06 bits per heavy atom. The van der Waals surface area contributed by atoms with Gasteiger partial charge < -0.3 is 14.4 Å². The van der Waals surface area contributed by atoms with Crippen LogP contribution in [0.5, 0.6) is 5.75 Å². The average molecular weight is 493 g/mol. The topological polar surface area (TPSA) is 170 Å². The zero-order valence-corrected chi connectivity index (χ0v) is 19.4. The summed E-state index contributed by atoms with van der Waals surface area (Å²) in [6, 6.07) is 13.2. The molecule has 0 amide bonds. The molecule has 0 fully saturated rings. The molecule has 0 aliphatic heterocycles. The number of H-pyrrole nitrogens is 1. The Bertz CT molecular complexity index is 1570. The van der Waals surface area contributed by atoms with Crippen molar-refractivity contribution in [2.24, 2.45) is 12.1 Å². The summed E-state index contributed by atoms with van der Waals surface area (Å²) in [7, 11) is 1.45. The largest absolute Gasteiger partial charge is 0.491 e. The number of rotatable bonds is 9. The number of aromatic amines is 1. The van der Waals surface area contributed by atoms with Gasteiger partial charge in [-0.1, -0.05) is 30.3 Å². The maximum absolute atomic E-state index is 12.6. The number of non-ortho nitro benzene ring substituents is 1. The van der Waals surface area contributed by atoms with Gasteiger partial charge in [0.05, 0.1) is 17.7 Å². The van der Waals surface area contributed by atoms with E-state index in [1.54, 1.807) is 12.1 Å². The first-order valence-electron chi connectivity index (χ1n) is 10.8. The molecule has 0 bridgehead atoms. The Morgan fingerprint density at radius 3 is 2.81 bits per heavy atom. The molecule has 2 aromatic heterocycles. The van der Waals surface area contributed by atoms with Gasteiger partial charge in [0.2, 0.25) is 5.95 Å². The van der Waals surface area contributed by atoms with Crippen molar-refractivity contribution in [1.29, 1.82) is 0 Å². The lowest BCUT2D eigenvalue weighted by Gasteiger charge is -2.16. The third kappa shape index (κ3) is 5.15. The Labute approximate surface area is 203 Å². The maximum atomic E-state index is 12.6. The van der Waals surface area contributed by atoms with Crippen LogP contribution in [-0.2, 0) is 13.6 Å². The standard InChI is InChI=1S/C23H23N7O6/c1-14-6-3-4-9-18(14)36-13-17(31)12-29-19-20(28(2)23(33)26-21(19)32)25-22(29)27-24-11-15-7-5-8-16(10-15)30(34)35/h3-11,17,31H,12-13H2,1-2H3,(H,25,27)(H,26,32,33)/b24-11-/t17-/m1/s1. The van der Waals surface area contributed by atoms with Gasteiger partial charge in [-0.25, -0.2) is 10.2 Å². The van der Waals surface area contributed by atoms with E-state index in [2.05, 4.69) is 20.5 Å². The fourth-order valence-corrected chi connectivity index (χ4v) is 3.55. The summed E-state index contributed by atoms with van der Waals surface area (Å²) < 4.78 is 8.27. The van der Waals surface area contributed by atoms with Gasteiger partial charge in [-0.2, -0.15) is 10.1 Å². The number of fused-ring (bicyclic) bond motifs is 1. The zero-order chi connectivity index (χ0) is 25.8. The maximum Gasteiger partial charge on any atom is 0.329 e. The van der Waals surface area contributed by atoms with Crippen molar-refractivity contribution < 1.29 is 14.8 Å². The lowest BCUT2D eigenvalue weighted by molar-refractivity contribution is -0.384. The monoisotopic (exact) mass is 493 g/mol. The van der Waals surface area contributed by atoms with Gasteiger partial charge in [-0.3, -0.25) is 24.5 Å². The summed E-state index contributed by atoms with van der Waals surface area (Å²) in [6.07, 6.45) is 0.303. The highest BCUT2D eigenvalue weighted by Crippen LogP contribution is 2.19. The smallest absolute Gasteiger partial charge is 0.329 e. The Balaban J connectivity index is 1.62. The number of ether oxygens (including phenoxy) is 1. The van der Waals surface area contributed by atoms with Crippen molar-refractivity contribution in [1.82, 2.24) is 19.1 Å². The molecule has 186 valence electrons. The SMILES string of the molecule is Cc1ccccc1OC[C@H](O)Cn1c(N/N=C\c2cccc([N+](=O)[O-])c2)nc2c1c(=O)[nH]c(=O)n2C. The number of hydrazone groups is 1. The van der Waals surface area contributed by atoms with E-state index in [0.717, 1.165) is 5.56 Å². The molecule has 1 atom stereocenters. The third-order valence-corrected chi connectivity index (χ3v) is 5.38. The molecule has 0 unspecified atom stereocenters. The minimum atomic E-state index is -1.04. The van der Waals surface area contributed by atoms with Crippen LogP contribution in [0.15, 0.2) is 63.2 Å². The predicted octanol–water partition coefficient (Wildman–Crippen LogP) is 1.53. The van der Waals surface area contributed by atoms with Gasteiger partial charge in [-0.15, -0.1) is 0 Å². The Kier molecular flexibility index (Phi) is 6.92. The molecule has 0 aliphatic rings. The highest BCUT2D eigenvalue weighted by Gasteiger charge is 2.20. The number of anilines is 1. The van der Waals surface area contributed by atoms with E-state index < -0.39 is 22.3 Å². The number of aliphatic hydroxyl groups excluding tert-OH is 1. The van der Waals surface area contributed by atoms with E-state index in [1.807, 2.05) is 25.1 Å². The molecule has 13 nitrogen and oxygen atoms in total. The van der Waals surface area contributed by atoms with Gasteiger partial charge in [0.15, 0.2) is 11.2 Å². The first kappa shape index (κ1) is 24.3. The van der Waals surface area contributed by atoms with Crippen LogP contribution in [0.3, 0.4) is 0 Å². The second-order valence-corrected chi connectivity index (χ2v) is 7.99. The first-order chi connectivity index (χ1) is 17.2. The number of benzene rings is 2. The molecule has 13 heteroatoms. The van der Waals surface area contributed by atoms with E-state index in [1.165, 1.54) is 40.6 Å². The fourth-order valence-electron chi connectivity index (χ4n) is 3.55. The quantitative estimate of drug-likeness (QED) is 0.179. The second kappa shape index (κ2) is 10.2. The molecule has 4 rings (SSSR count). The third-order valence-electron chi connectivity index (χ3n) is 5.38. The summed E-state index contributed by atoms with van der Waals surface area (Å²) in [6.45, 7) is 1.72. The van der Waals surface area contributed by atoms with Crippen molar-refractivity contribution in [3.63, 3.8) is 0 Å². The number of hydrogen-bond donors (Lipinski definition) is 3. The number of aryl methyl sites for hydroxylation is 2. The van der Waals surface area contributed by atoms with E-state index in [4.69, 9.17) is 4.74 Å². The number of nitro benzene ring substituents is 1. The number of nitrogens with one attached hydrogen (secondary N) is 2. The van der Waals surface area contributed by atoms with Crippen molar-refractivity contribution in [3.8, 4) is 5.75 Å². The number of imidazole rings is 1. The number of nitrogens with zero attached hydrogens (tertiary/aromatic N) is 5. The minimum absolute atomic E-state index is 0.0556. The molecular formula is C23H23N7O6. The molecule has 2 aromatic carbocycles. The van der Waals surface area contributed by atoms with Crippen LogP contribution in [0.1, 0.15) is 11.1 Å². The lowest BCUT2D eigenvalue weighted by atomic mass is 10.2. The normalized spacial score (nSPS) is 12.2. The number of aromatic nitrogens is 4. The van der Waals surface area contributed by atoms with Crippen LogP contribution in [0.4, 0.5) is 11.6 Å². The van der Waals surface area contributed by atoms with Crippen LogP contribution in [0, 0.1) is 17.0 Å². The minimum Gasteiger partial charge on any atom is -0.491 e. The van der Waals surface area contributed by atoms with Crippen LogP contribution < -0.4 is 21.4 Å². The second-order valence-electron chi connectivity index (χ2n) is 7.99. The van der Waals surface area contributed by atoms with Crippen LogP contribution in [0.25, 0.3) is 11.2 Å². The van der Waals surface area contributed by atoms with Crippen molar-refractivity contribution >= 4 is 29.0 Å². The molecule has 0 saturated heterocycles. The van der Waals surface area contributed by atoms with Gasteiger partial charge in [0, 0.05) is 24.7 Å². The molecule has 0 aliphatic carbocycles. The molecule has 3 N–H and O–H groups in total. The number of nitro groups is 1. The van der Waals surface area contributed by atoms with Gasteiger partial charge in [-0.05, 0) is 18.6 Å². The Hall–Kier alpha value is -4.78. The molecule has 4 aromatic rings. The highest BCUT2D eigenvalue weighted by molar-refractivity contribution is 5.81. The summed E-state index contributed by atoms with van der Waals surface area (Å²) in [5.41, 5.74) is 2.78. The van der Waals surface area contributed by atoms with Crippen molar-refractivity contribution in [3.05, 3.63) is 90.6 Å². The predicted molar refractivity (Wildman–Crippen MR) is 133 cm³/mol.